The third-order valence-electron chi connectivity index (χ3n) is 4.27. The van der Waals surface area contributed by atoms with Crippen LogP contribution in [0.1, 0.15) is 19.8 Å². The summed E-state index contributed by atoms with van der Waals surface area (Å²) in [6.45, 7) is 5.80. The minimum Gasteiger partial charge on any atom is -0.390 e. The first-order valence-corrected chi connectivity index (χ1v) is 7.77. The topological polar surface area (TPSA) is 46.2 Å². The van der Waals surface area contributed by atoms with E-state index in [4.69, 9.17) is 0 Å². The van der Waals surface area contributed by atoms with Gasteiger partial charge in [-0.2, -0.15) is 5.10 Å². The van der Waals surface area contributed by atoms with E-state index in [-0.39, 0.29) is 6.10 Å². The van der Waals surface area contributed by atoms with Crippen molar-refractivity contribution in [3.63, 3.8) is 0 Å². The van der Waals surface area contributed by atoms with Gasteiger partial charge in [0.25, 0.3) is 0 Å². The van der Waals surface area contributed by atoms with Crippen molar-refractivity contribution in [2.45, 2.75) is 32.4 Å². The number of rotatable bonds is 5. The average Bonchev–Trinajstić information content (AvgIpc) is 3.12. The summed E-state index contributed by atoms with van der Waals surface area (Å²) in [5, 5.41) is 14.6. The Kier molecular flexibility index (Phi) is 4.41. The van der Waals surface area contributed by atoms with E-state index in [0.29, 0.717) is 6.54 Å². The summed E-state index contributed by atoms with van der Waals surface area (Å²) >= 11 is 0. The fourth-order valence-corrected chi connectivity index (χ4v) is 2.91. The van der Waals surface area contributed by atoms with Gasteiger partial charge in [-0.15, -0.1) is 0 Å². The second-order valence-corrected chi connectivity index (χ2v) is 6.15. The predicted molar refractivity (Wildman–Crippen MR) is 82.4 cm³/mol. The van der Waals surface area contributed by atoms with E-state index in [1.807, 2.05) is 46.2 Å². The van der Waals surface area contributed by atoms with Crippen molar-refractivity contribution in [1.82, 2.24) is 19.2 Å². The second kappa shape index (κ2) is 6.45. The fraction of sp³-hybridized carbons (Fsp3) is 0.562. The highest BCUT2D eigenvalue weighted by Crippen LogP contribution is 2.16. The number of likely N-dealkylation sites (tertiary alicyclic amines) is 1. The molecule has 1 unspecified atom stereocenters. The molecule has 0 spiro atoms. The van der Waals surface area contributed by atoms with Gasteiger partial charge in [-0.3, -0.25) is 4.68 Å². The summed E-state index contributed by atoms with van der Waals surface area (Å²) in [5.74, 6) is 0.827. The Morgan fingerprint density at radius 2 is 1.95 bits per heavy atom. The molecule has 0 aliphatic carbocycles. The number of hydrogen-bond donors (Lipinski definition) is 1. The van der Waals surface area contributed by atoms with Gasteiger partial charge in [0.05, 0.1) is 24.5 Å². The van der Waals surface area contributed by atoms with E-state index < -0.39 is 0 Å². The summed E-state index contributed by atoms with van der Waals surface area (Å²) in [7, 11) is 0. The molecule has 21 heavy (non-hydrogen) atoms. The third kappa shape index (κ3) is 3.74. The molecule has 1 atom stereocenters. The van der Waals surface area contributed by atoms with Crippen molar-refractivity contribution < 1.29 is 5.11 Å². The van der Waals surface area contributed by atoms with Crippen LogP contribution in [-0.4, -0.2) is 50.1 Å². The van der Waals surface area contributed by atoms with Gasteiger partial charge >= 0.3 is 0 Å². The number of aliphatic hydroxyl groups excluding tert-OH is 1. The number of aliphatic hydroxyl groups is 1. The standard InChI is InChI=1S/C16H24N4O/c1-14-4-8-18(9-5-14)12-16(21)13-20-11-15(10-17-20)19-6-2-3-7-19/h2-3,6-7,10-11,14,16,21H,4-5,8-9,12-13H2,1H3. The van der Waals surface area contributed by atoms with Crippen molar-refractivity contribution >= 4 is 0 Å². The van der Waals surface area contributed by atoms with E-state index in [1.165, 1.54) is 12.8 Å². The maximum absolute atomic E-state index is 10.3. The molecule has 1 aliphatic heterocycles. The number of nitrogens with zero attached hydrogens (tertiary/aromatic N) is 4. The van der Waals surface area contributed by atoms with Gasteiger partial charge in [-0.05, 0) is 44.0 Å². The maximum atomic E-state index is 10.3. The highest BCUT2D eigenvalue weighted by molar-refractivity contribution is 5.26. The molecule has 3 rings (SSSR count). The zero-order valence-electron chi connectivity index (χ0n) is 12.6. The number of β-amino-alcohol motifs (C(OH)–C–C–N with tert-alkyl or cyclic N) is 1. The first-order valence-electron chi connectivity index (χ1n) is 7.77. The fourth-order valence-electron chi connectivity index (χ4n) is 2.91. The van der Waals surface area contributed by atoms with Crippen LogP contribution in [0.5, 0.6) is 0 Å². The molecule has 1 N–H and O–H groups in total. The largest absolute Gasteiger partial charge is 0.390 e. The molecular formula is C16H24N4O. The van der Waals surface area contributed by atoms with Crippen molar-refractivity contribution in [3.05, 3.63) is 36.9 Å². The zero-order valence-corrected chi connectivity index (χ0v) is 12.6. The third-order valence-corrected chi connectivity index (χ3v) is 4.27. The summed E-state index contributed by atoms with van der Waals surface area (Å²) in [6.07, 6.45) is 9.91. The Labute approximate surface area is 125 Å². The molecule has 0 saturated carbocycles. The Hall–Kier alpha value is -1.59. The molecule has 3 heterocycles. The summed E-state index contributed by atoms with van der Waals surface area (Å²) in [5.41, 5.74) is 1.03. The molecule has 5 heteroatoms. The van der Waals surface area contributed by atoms with Crippen molar-refractivity contribution in [2.75, 3.05) is 19.6 Å². The molecule has 1 fully saturated rings. The van der Waals surface area contributed by atoms with Crippen LogP contribution in [0.25, 0.3) is 5.69 Å². The summed E-state index contributed by atoms with van der Waals surface area (Å²) in [6, 6.07) is 3.98. The van der Waals surface area contributed by atoms with E-state index in [2.05, 4.69) is 16.9 Å². The lowest BCUT2D eigenvalue weighted by Crippen LogP contribution is -2.39. The van der Waals surface area contributed by atoms with Crippen molar-refractivity contribution in [1.29, 1.82) is 0 Å². The lowest BCUT2D eigenvalue weighted by Gasteiger charge is -2.31. The van der Waals surface area contributed by atoms with Crippen LogP contribution >= 0.6 is 0 Å². The van der Waals surface area contributed by atoms with Gasteiger partial charge in [-0.1, -0.05) is 6.92 Å². The normalized spacial score (nSPS) is 19.0. The lowest BCUT2D eigenvalue weighted by molar-refractivity contribution is 0.0777. The molecule has 0 amide bonds. The lowest BCUT2D eigenvalue weighted by atomic mass is 9.99. The molecule has 1 aliphatic rings. The van der Waals surface area contributed by atoms with Crippen LogP contribution in [0.3, 0.4) is 0 Å². The smallest absolute Gasteiger partial charge is 0.0862 e. The SMILES string of the molecule is CC1CCN(CC(O)Cn2cc(-n3cccc3)cn2)CC1. The molecular weight excluding hydrogens is 264 g/mol. The number of piperidine rings is 1. The molecule has 0 bridgehead atoms. The van der Waals surface area contributed by atoms with Crippen LogP contribution in [0, 0.1) is 5.92 Å². The molecule has 0 radical (unpaired) electrons. The summed E-state index contributed by atoms with van der Waals surface area (Å²) in [4.78, 5) is 2.36. The molecule has 0 aromatic carbocycles. The number of aromatic nitrogens is 3. The van der Waals surface area contributed by atoms with Crippen LogP contribution < -0.4 is 0 Å². The Morgan fingerprint density at radius 1 is 1.24 bits per heavy atom. The Bertz CT molecular complexity index is 540. The maximum Gasteiger partial charge on any atom is 0.0862 e. The first kappa shape index (κ1) is 14.4. The van der Waals surface area contributed by atoms with Crippen LogP contribution in [0.4, 0.5) is 0 Å². The van der Waals surface area contributed by atoms with E-state index in [1.54, 1.807) is 0 Å². The van der Waals surface area contributed by atoms with Crippen LogP contribution in [-0.2, 0) is 6.54 Å². The van der Waals surface area contributed by atoms with Gasteiger partial charge in [0, 0.05) is 25.1 Å². The quantitative estimate of drug-likeness (QED) is 0.912. The highest BCUT2D eigenvalue weighted by atomic mass is 16.3. The Morgan fingerprint density at radius 3 is 2.67 bits per heavy atom. The van der Waals surface area contributed by atoms with Crippen LogP contribution in [0.2, 0.25) is 0 Å². The second-order valence-electron chi connectivity index (χ2n) is 6.15. The molecule has 2 aromatic heterocycles. The summed E-state index contributed by atoms with van der Waals surface area (Å²) < 4.78 is 3.84. The molecule has 5 nitrogen and oxygen atoms in total. The minimum absolute atomic E-state index is 0.365. The van der Waals surface area contributed by atoms with Gasteiger partial charge in [0.2, 0.25) is 0 Å². The zero-order chi connectivity index (χ0) is 14.7. The van der Waals surface area contributed by atoms with Crippen molar-refractivity contribution in [3.8, 4) is 5.69 Å². The molecule has 1 saturated heterocycles. The van der Waals surface area contributed by atoms with E-state index in [9.17, 15) is 5.11 Å². The highest BCUT2D eigenvalue weighted by Gasteiger charge is 2.18. The van der Waals surface area contributed by atoms with E-state index >= 15 is 0 Å². The van der Waals surface area contributed by atoms with Gasteiger partial charge in [-0.25, -0.2) is 0 Å². The van der Waals surface area contributed by atoms with Crippen LogP contribution in [0.15, 0.2) is 36.9 Å². The molecule has 114 valence electrons. The van der Waals surface area contributed by atoms with E-state index in [0.717, 1.165) is 31.2 Å². The first-order chi connectivity index (χ1) is 10.2. The molecule has 2 aromatic rings. The minimum atomic E-state index is -0.365. The average molecular weight is 288 g/mol. The van der Waals surface area contributed by atoms with Crippen molar-refractivity contribution in [2.24, 2.45) is 5.92 Å². The van der Waals surface area contributed by atoms with Gasteiger partial charge in [0.1, 0.15) is 0 Å². The monoisotopic (exact) mass is 288 g/mol. The number of hydrogen-bond acceptors (Lipinski definition) is 3. The van der Waals surface area contributed by atoms with Gasteiger partial charge in [0.15, 0.2) is 0 Å². The predicted octanol–water partition coefficient (Wildman–Crippen LogP) is 1.77. The van der Waals surface area contributed by atoms with Gasteiger partial charge < -0.3 is 14.6 Å². The Balaban J connectivity index is 1.52.